The number of carbonyl (C=O) groups is 1. The molecular formula is C17H17ClN2OS. The van der Waals surface area contributed by atoms with Gasteiger partial charge in [-0.1, -0.05) is 29.8 Å². The molecule has 0 spiro atoms. The molecule has 2 heterocycles. The van der Waals surface area contributed by atoms with Crippen molar-refractivity contribution in [1.29, 1.82) is 0 Å². The van der Waals surface area contributed by atoms with E-state index >= 15 is 0 Å². The van der Waals surface area contributed by atoms with Gasteiger partial charge in [-0.25, -0.2) is 4.98 Å². The van der Waals surface area contributed by atoms with Crippen molar-refractivity contribution in [1.82, 2.24) is 9.88 Å². The first-order valence-corrected chi connectivity index (χ1v) is 8.64. The Balaban J connectivity index is 1.71. The topological polar surface area (TPSA) is 33.2 Å². The molecule has 0 radical (unpaired) electrons. The van der Waals surface area contributed by atoms with Crippen molar-refractivity contribution in [2.24, 2.45) is 0 Å². The third kappa shape index (κ3) is 3.28. The van der Waals surface area contributed by atoms with Gasteiger partial charge in [0.25, 0.3) is 5.91 Å². The van der Waals surface area contributed by atoms with Gasteiger partial charge in [-0.3, -0.25) is 4.79 Å². The van der Waals surface area contributed by atoms with Gasteiger partial charge in [0, 0.05) is 23.7 Å². The normalized spacial score (nSPS) is 13.8. The Kier molecular flexibility index (Phi) is 4.69. The summed E-state index contributed by atoms with van der Waals surface area (Å²) in [5, 5.41) is 0.762. The third-order valence-corrected chi connectivity index (χ3v) is 5.40. The van der Waals surface area contributed by atoms with Crippen LogP contribution in [0.4, 0.5) is 0 Å². The molecule has 3 nitrogen and oxygen atoms in total. The Hall–Kier alpha value is -1.52. The van der Waals surface area contributed by atoms with E-state index in [1.54, 1.807) is 17.8 Å². The van der Waals surface area contributed by atoms with Crippen LogP contribution in [0.5, 0.6) is 0 Å². The third-order valence-electron chi connectivity index (χ3n) is 3.70. The summed E-state index contributed by atoms with van der Waals surface area (Å²) in [6, 6.07) is 11.5. The largest absolute Gasteiger partial charge is 0.337 e. The summed E-state index contributed by atoms with van der Waals surface area (Å²) < 4.78 is 0. The number of hydrogen-bond donors (Lipinski definition) is 0. The Bertz CT molecular complexity index is 681. The first kappa shape index (κ1) is 15.4. The predicted molar refractivity (Wildman–Crippen MR) is 90.5 cm³/mol. The van der Waals surface area contributed by atoms with Crippen LogP contribution in [0.25, 0.3) is 0 Å². The minimum atomic E-state index is 0.0343. The average Bonchev–Trinajstić information content (AvgIpc) is 2.45. The highest BCUT2D eigenvalue weighted by Crippen LogP contribution is 2.32. The van der Waals surface area contributed by atoms with Crippen molar-refractivity contribution in [2.45, 2.75) is 24.0 Å². The van der Waals surface area contributed by atoms with Gasteiger partial charge in [-0.2, -0.15) is 0 Å². The molecule has 1 aliphatic rings. The van der Waals surface area contributed by atoms with Crippen LogP contribution >= 0.6 is 23.4 Å². The van der Waals surface area contributed by atoms with Crippen LogP contribution in [0.2, 0.25) is 5.02 Å². The average molecular weight is 333 g/mol. The van der Waals surface area contributed by atoms with Crippen LogP contribution in [0, 0.1) is 6.92 Å². The fourth-order valence-electron chi connectivity index (χ4n) is 2.31. The lowest BCUT2D eigenvalue weighted by molar-refractivity contribution is 0.0645. The van der Waals surface area contributed by atoms with Gasteiger partial charge in [-0.05, 0) is 37.1 Å². The molecule has 1 aromatic heterocycles. The van der Waals surface area contributed by atoms with Crippen molar-refractivity contribution in [2.75, 3.05) is 13.1 Å². The summed E-state index contributed by atoms with van der Waals surface area (Å²) in [5.41, 5.74) is 2.59. The van der Waals surface area contributed by atoms with Crippen molar-refractivity contribution >= 4 is 29.3 Å². The first-order valence-electron chi connectivity index (χ1n) is 7.28. The molecule has 1 aromatic carbocycles. The first-order chi connectivity index (χ1) is 10.6. The van der Waals surface area contributed by atoms with Gasteiger partial charge in [0.1, 0.15) is 5.69 Å². The van der Waals surface area contributed by atoms with Crippen LogP contribution in [-0.4, -0.2) is 28.9 Å². The minimum absolute atomic E-state index is 0.0343. The van der Waals surface area contributed by atoms with Crippen molar-refractivity contribution in [3.05, 3.63) is 58.4 Å². The van der Waals surface area contributed by atoms with Crippen molar-refractivity contribution in [3.8, 4) is 0 Å². The van der Waals surface area contributed by atoms with Crippen LogP contribution in [-0.2, 0) is 5.75 Å². The summed E-state index contributed by atoms with van der Waals surface area (Å²) in [7, 11) is 0. The van der Waals surface area contributed by atoms with Gasteiger partial charge in [-0.15, -0.1) is 11.8 Å². The van der Waals surface area contributed by atoms with E-state index in [2.05, 4.69) is 4.98 Å². The number of aromatic nitrogens is 1. The maximum atomic E-state index is 12.2. The minimum Gasteiger partial charge on any atom is -0.337 e. The SMILES string of the molecule is Cc1cccc(Cl)c1SCc1cccc(C(=O)N2CCC2)n1. The molecule has 22 heavy (non-hydrogen) atoms. The lowest BCUT2D eigenvalue weighted by Crippen LogP contribution is -2.42. The summed E-state index contributed by atoms with van der Waals surface area (Å²) >= 11 is 7.90. The number of thioether (sulfide) groups is 1. The van der Waals surface area contributed by atoms with Crippen molar-refractivity contribution in [3.63, 3.8) is 0 Å². The van der Waals surface area contributed by atoms with Crippen LogP contribution < -0.4 is 0 Å². The Morgan fingerprint density at radius 3 is 2.73 bits per heavy atom. The summed E-state index contributed by atoms with van der Waals surface area (Å²) in [6.45, 7) is 3.74. The standard InChI is InChI=1S/C17H17ClN2OS/c1-12-5-2-7-14(18)16(12)22-11-13-6-3-8-15(19-13)17(21)20-9-4-10-20/h2-3,5-8H,4,9-11H2,1H3. The van der Waals surface area contributed by atoms with Gasteiger partial charge >= 0.3 is 0 Å². The smallest absolute Gasteiger partial charge is 0.272 e. The number of hydrogen-bond acceptors (Lipinski definition) is 3. The van der Waals surface area contributed by atoms with E-state index in [-0.39, 0.29) is 5.91 Å². The molecule has 2 aromatic rings. The second-order valence-corrected chi connectivity index (χ2v) is 6.73. The lowest BCUT2D eigenvalue weighted by Gasteiger charge is -2.30. The molecule has 0 saturated carbocycles. The van der Waals surface area contributed by atoms with Crippen LogP contribution in [0.3, 0.4) is 0 Å². The maximum absolute atomic E-state index is 12.2. The van der Waals surface area contributed by atoms with Crippen LogP contribution in [0.15, 0.2) is 41.3 Å². The van der Waals surface area contributed by atoms with Gasteiger partial charge in [0.15, 0.2) is 0 Å². The molecule has 0 bridgehead atoms. The maximum Gasteiger partial charge on any atom is 0.272 e. The quantitative estimate of drug-likeness (QED) is 0.787. The number of pyridine rings is 1. The van der Waals surface area contributed by atoms with E-state index in [1.807, 2.05) is 42.2 Å². The molecule has 5 heteroatoms. The monoisotopic (exact) mass is 332 g/mol. The number of aryl methyl sites for hydroxylation is 1. The number of carbonyl (C=O) groups excluding carboxylic acids is 1. The molecular weight excluding hydrogens is 316 g/mol. The number of benzene rings is 1. The molecule has 114 valence electrons. The van der Waals surface area contributed by atoms with E-state index in [4.69, 9.17) is 11.6 Å². The summed E-state index contributed by atoms with van der Waals surface area (Å²) in [4.78, 5) is 19.6. The van der Waals surface area contributed by atoms with E-state index in [9.17, 15) is 4.79 Å². The number of halogens is 1. The fraction of sp³-hybridized carbons (Fsp3) is 0.294. The fourth-order valence-corrected chi connectivity index (χ4v) is 3.65. The van der Waals surface area contributed by atoms with Crippen molar-refractivity contribution < 1.29 is 4.79 Å². The molecule has 0 N–H and O–H groups in total. The zero-order valence-corrected chi connectivity index (χ0v) is 14.0. The summed E-state index contributed by atoms with van der Waals surface area (Å²) in [5.74, 6) is 0.734. The molecule has 3 rings (SSSR count). The van der Waals surface area contributed by atoms with E-state index in [0.29, 0.717) is 11.4 Å². The summed E-state index contributed by atoms with van der Waals surface area (Å²) in [6.07, 6.45) is 1.09. The highest BCUT2D eigenvalue weighted by molar-refractivity contribution is 7.98. The van der Waals surface area contributed by atoms with Gasteiger partial charge < -0.3 is 4.90 Å². The zero-order valence-electron chi connectivity index (χ0n) is 12.4. The molecule has 1 amide bonds. The second-order valence-electron chi connectivity index (χ2n) is 5.33. The predicted octanol–water partition coefficient (Wildman–Crippen LogP) is 4.18. The zero-order chi connectivity index (χ0) is 15.5. The Morgan fingerprint density at radius 1 is 1.27 bits per heavy atom. The second kappa shape index (κ2) is 6.71. The number of rotatable bonds is 4. The number of amides is 1. The molecule has 1 fully saturated rings. The van der Waals surface area contributed by atoms with E-state index in [0.717, 1.165) is 40.7 Å². The Labute approximate surface area is 139 Å². The molecule has 1 aliphatic heterocycles. The van der Waals surface area contributed by atoms with Gasteiger partial charge in [0.05, 0.1) is 10.7 Å². The van der Waals surface area contributed by atoms with E-state index in [1.165, 1.54) is 0 Å². The molecule has 0 aliphatic carbocycles. The highest BCUT2D eigenvalue weighted by Gasteiger charge is 2.22. The lowest BCUT2D eigenvalue weighted by atomic mass is 10.2. The Morgan fingerprint density at radius 2 is 2.05 bits per heavy atom. The van der Waals surface area contributed by atoms with E-state index < -0.39 is 0 Å². The number of nitrogens with zero attached hydrogens (tertiary/aromatic N) is 2. The molecule has 1 saturated heterocycles. The molecule has 0 atom stereocenters. The molecule has 0 unspecified atom stereocenters. The number of likely N-dealkylation sites (tertiary alicyclic amines) is 1. The van der Waals surface area contributed by atoms with Crippen LogP contribution in [0.1, 0.15) is 28.2 Å². The highest BCUT2D eigenvalue weighted by atomic mass is 35.5. The van der Waals surface area contributed by atoms with Gasteiger partial charge in [0.2, 0.25) is 0 Å².